The Morgan fingerprint density at radius 3 is 1.32 bits per heavy atom. The summed E-state index contributed by atoms with van der Waals surface area (Å²) < 4.78 is 0. The first kappa shape index (κ1) is 23.1. The van der Waals surface area contributed by atoms with Crippen molar-refractivity contribution < 1.29 is 0 Å². The van der Waals surface area contributed by atoms with Gasteiger partial charge in [-0.05, 0) is 75.4 Å². The third-order valence-corrected chi connectivity index (χ3v) is 6.95. The van der Waals surface area contributed by atoms with Crippen LogP contribution in [0.2, 0.25) is 0 Å². The lowest BCUT2D eigenvalue weighted by molar-refractivity contribution is 0.294. The Morgan fingerprint density at radius 2 is 0.964 bits per heavy atom. The van der Waals surface area contributed by atoms with E-state index in [1.165, 1.54) is 103 Å². The summed E-state index contributed by atoms with van der Waals surface area (Å²) in [6, 6.07) is 0. The van der Waals surface area contributed by atoms with Gasteiger partial charge in [0.05, 0.1) is 0 Å². The summed E-state index contributed by atoms with van der Waals surface area (Å²) >= 11 is 0. The van der Waals surface area contributed by atoms with Crippen molar-refractivity contribution in [2.24, 2.45) is 23.7 Å². The second-order valence-electron chi connectivity index (χ2n) is 9.34. The van der Waals surface area contributed by atoms with Gasteiger partial charge in [0.15, 0.2) is 0 Å². The molecule has 0 unspecified atom stereocenters. The molecule has 2 rings (SSSR count). The van der Waals surface area contributed by atoms with E-state index in [1.54, 1.807) is 0 Å². The maximum absolute atomic E-state index is 3.47. The van der Waals surface area contributed by atoms with Gasteiger partial charge in [-0.1, -0.05) is 88.9 Å². The minimum atomic E-state index is 0.628. The molecule has 0 aliphatic heterocycles. The van der Waals surface area contributed by atoms with Crippen molar-refractivity contribution in [1.29, 1.82) is 0 Å². The van der Waals surface area contributed by atoms with Gasteiger partial charge in [-0.15, -0.1) is 0 Å². The molecule has 0 heterocycles. The Balaban J connectivity index is 1.58. The lowest BCUT2D eigenvalue weighted by atomic mass is 9.80. The van der Waals surface area contributed by atoms with E-state index >= 15 is 0 Å². The average Bonchev–Trinajstić information content (AvgIpc) is 2.73. The Labute approximate surface area is 176 Å². The summed E-state index contributed by atoms with van der Waals surface area (Å²) in [7, 11) is 0. The number of hydrogen-bond acceptors (Lipinski definition) is 0. The standard InChI is InChI=1S/C28H44/c1-3-5-9-13-25-17-21-27(22-18-25)15-11-7-8-12-16-28-23-19-26(20-24-28)14-10-6-4-2/h7-8,25-28H,3-6,9-10,13-14,17-24H2,1-2H3. The van der Waals surface area contributed by atoms with Crippen LogP contribution in [0, 0.1) is 47.4 Å². The number of unbranched alkanes of at least 4 members (excludes halogenated alkanes) is 4. The predicted molar refractivity (Wildman–Crippen MR) is 124 cm³/mol. The van der Waals surface area contributed by atoms with Gasteiger partial charge >= 0.3 is 0 Å². The Bertz CT molecular complexity index is 480. The minimum absolute atomic E-state index is 0.628. The monoisotopic (exact) mass is 380 g/mol. The van der Waals surface area contributed by atoms with Crippen molar-refractivity contribution in [2.75, 3.05) is 0 Å². The molecule has 0 amide bonds. The fourth-order valence-corrected chi connectivity index (χ4v) is 4.97. The van der Waals surface area contributed by atoms with Gasteiger partial charge in [0, 0.05) is 11.8 Å². The Kier molecular flexibility index (Phi) is 12.2. The van der Waals surface area contributed by atoms with Crippen molar-refractivity contribution in [3.05, 3.63) is 12.2 Å². The van der Waals surface area contributed by atoms with Gasteiger partial charge in [-0.3, -0.25) is 0 Å². The first-order valence-electron chi connectivity index (χ1n) is 12.5. The molecular weight excluding hydrogens is 336 g/mol. The number of rotatable bonds is 8. The van der Waals surface area contributed by atoms with Crippen molar-refractivity contribution in [3.63, 3.8) is 0 Å². The first-order chi connectivity index (χ1) is 13.8. The van der Waals surface area contributed by atoms with Gasteiger partial charge in [0.2, 0.25) is 0 Å². The molecule has 0 saturated heterocycles. The normalized spacial score (nSPS) is 27.6. The zero-order valence-corrected chi connectivity index (χ0v) is 18.8. The highest BCUT2D eigenvalue weighted by Crippen LogP contribution is 2.32. The molecule has 2 aliphatic rings. The highest BCUT2D eigenvalue weighted by atomic mass is 14.2. The maximum atomic E-state index is 3.47. The summed E-state index contributed by atoms with van der Waals surface area (Å²) in [5.41, 5.74) is 0. The van der Waals surface area contributed by atoms with Crippen LogP contribution in [0.3, 0.4) is 0 Å². The summed E-state index contributed by atoms with van der Waals surface area (Å²) in [6.45, 7) is 4.59. The maximum Gasteiger partial charge on any atom is 0.0206 e. The lowest BCUT2D eigenvalue weighted by Crippen LogP contribution is -2.13. The van der Waals surface area contributed by atoms with E-state index in [0.29, 0.717) is 11.8 Å². The summed E-state index contributed by atoms with van der Waals surface area (Å²) in [4.78, 5) is 0. The van der Waals surface area contributed by atoms with Crippen molar-refractivity contribution in [3.8, 4) is 23.7 Å². The van der Waals surface area contributed by atoms with Crippen LogP contribution in [0.5, 0.6) is 0 Å². The van der Waals surface area contributed by atoms with Gasteiger partial charge in [0.25, 0.3) is 0 Å². The molecule has 0 radical (unpaired) electrons. The topological polar surface area (TPSA) is 0 Å². The highest BCUT2D eigenvalue weighted by Gasteiger charge is 2.20. The molecule has 0 aromatic heterocycles. The molecule has 0 aromatic rings. The van der Waals surface area contributed by atoms with E-state index in [9.17, 15) is 0 Å². The molecule has 0 bridgehead atoms. The van der Waals surface area contributed by atoms with Crippen molar-refractivity contribution >= 4 is 0 Å². The third kappa shape index (κ3) is 9.87. The van der Waals surface area contributed by atoms with Crippen LogP contribution in [0.4, 0.5) is 0 Å². The molecule has 156 valence electrons. The molecule has 2 aliphatic carbocycles. The molecule has 0 aromatic carbocycles. The third-order valence-electron chi connectivity index (χ3n) is 6.95. The average molecular weight is 381 g/mol. The van der Waals surface area contributed by atoms with E-state index in [2.05, 4.69) is 37.5 Å². The van der Waals surface area contributed by atoms with Crippen LogP contribution < -0.4 is 0 Å². The SMILES string of the molecule is CCCCCC1CCC(C#CC=CC#CC2CCC(CCCCC)CC2)CC1. The second-order valence-corrected chi connectivity index (χ2v) is 9.34. The predicted octanol–water partition coefficient (Wildman–Crippen LogP) is 8.32. The summed E-state index contributed by atoms with van der Waals surface area (Å²) in [5, 5.41) is 0. The van der Waals surface area contributed by atoms with E-state index in [0.717, 1.165) is 11.8 Å². The molecule has 2 fully saturated rings. The van der Waals surface area contributed by atoms with Gasteiger partial charge in [-0.25, -0.2) is 0 Å². The van der Waals surface area contributed by atoms with Gasteiger partial charge in [-0.2, -0.15) is 0 Å². The van der Waals surface area contributed by atoms with E-state index in [1.807, 2.05) is 12.2 Å². The number of allylic oxidation sites excluding steroid dienone is 2. The molecule has 0 atom stereocenters. The second kappa shape index (κ2) is 14.8. The zero-order valence-electron chi connectivity index (χ0n) is 18.8. The van der Waals surface area contributed by atoms with Crippen LogP contribution in [0.15, 0.2) is 12.2 Å². The fourth-order valence-electron chi connectivity index (χ4n) is 4.97. The van der Waals surface area contributed by atoms with Crippen LogP contribution >= 0.6 is 0 Å². The van der Waals surface area contributed by atoms with Crippen LogP contribution in [-0.2, 0) is 0 Å². The highest BCUT2D eigenvalue weighted by molar-refractivity contribution is 5.26. The van der Waals surface area contributed by atoms with Crippen molar-refractivity contribution in [1.82, 2.24) is 0 Å². The quantitative estimate of drug-likeness (QED) is 0.293. The fraction of sp³-hybridized carbons (Fsp3) is 0.786. The summed E-state index contributed by atoms with van der Waals surface area (Å²) in [5.74, 6) is 16.7. The first-order valence-corrected chi connectivity index (χ1v) is 12.5. The van der Waals surface area contributed by atoms with Gasteiger partial charge in [0.1, 0.15) is 0 Å². The number of hydrogen-bond donors (Lipinski definition) is 0. The Morgan fingerprint density at radius 1 is 0.571 bits per heavy atom. The molecule has 28 heavy (non-hydrogen) atoms. The molecule has 2 saturated carbocycles. The van der Waals surface area contributed by atoms with Gasteiger partial charge < -0.3 is 0 Å². The van der Waals surface area contributed by atoms with Crippen LogP contribution in [0.1, 0.15) is 117 Å². The summed E-state index contributed by atoms with van der Waals surface area (Å²) in [6.07, 6.45) is 26.1. The van der Waals surface area contributed by atoms with E-state index in [4.69, 9.17) is 0 Å². The Hall–Kier alpha value is -1.14. The zero-order chi connectivity index (χ0) is 19.9. The largest absolute Gasteiger partial charge is 0.0951 e. The van der Waals surface area contributed by atoms with E-state index < -0.39 is 0 Å². The minimum Gasteiger partial charge on any atom is -0.0951 e. The molecule has 0 heteroatoms. The molecule has 0 spiro atoms. The molecule has 0 nitrogen and oxygen atoms in total. The smallest absolute Gasteiger partial charge is 0.0206 e. The van der Waals surface area contributed by atoms with Crippen molar-refractivity contribution in [2.45, 2.75) is 117 Å². The van der Waals surface area contributed by atoms with Crippen LogP contribution in [0.25, 0.3) is 0 Å². The molecule has 0 N–H and O–H groups in total. The lowest BCUT2D eigenvalue weighted by Gasteiger charge is -2.25. The molecular formula is C28H44. The van der Waals surface area contributed by atoms with Crippen LogP contribution in [-0.4, -0.2) is 0 Å². The van der Waals surface area contributed by atoms with E-state index in [-0.39, 0.29) is 0 Å².